The van der Waals surface area contributed by atoms with E-state index in [-0.39, 0.29) is 36.9 Å². The number of nitrogens with zero attached hydrogens (tertiary/aromatic N) is 1. The smallest absolute Gasteiger partial charge is 0.265 e. The standard InChI is InChI=1S/C23H35Cl2N3O7/c1-14(2)11-20(29)23(32)28(15(3)21(30)27-33)19(13-16-5-6-17(24)18(25)12-16)22(31)26-7-8-35-10-9-34-4/h5-6,12,14-15,19-20,29,33H,7-11,13H2,1-4H3,(H,26,31)(H,27,30)/t15-,19-,20-/m0/s1. The van der Waals surface area contributed by atoms with Crippen molar-refractivity contribution in [1.82, 2.24) is 15.7 Å². The molecule has 198 valence electrons. The van der Waals surface area contributed by atoms with Crippen molar-refractivity contribution in [2.45, 2.75) is 51.8 Å². The summed E-state index contributed by atoms with van der Waals surface area (Å²) in [4.78, 5) is 39.9. The summed E-state index contributed by atoms with van der Waals surface area (Å²) in [7, 11) is 1.54. The SMILES string of the molecule is COCCOCCNC(=O)[C@H](Cc1ccc(Cl)c(Cl)c1)N(C(=O)[C@@H](O)CC(C)C)[C@@H](C)C(=O)NO. The van der Waals surface area contributed by atoms with Crippen LogP contribution in [0.4, 0.5) is 0 Å². The van der Waals surface area contributed by atoms with Crippen molar-refractivity contribution >= 4 is 40.9 Å². The predicted molar refractivity (Wildman–Crippen MR) is 131 cm³/mol. The lowest BCUT2D eigenvalue weighted by molar-refractivity contribution is -0.155. The average molecular weight is 536 g/mol. The van der Waals surface area contributed by atoms with Gasteiger partial charge in [-0.15, -0.1) is 0 Å². The van der Waals surface area contributed by atoms with E-state index in [2.05, 4.69) is 5.32 Å². The molecule has 1 rings (SSSR count). The second-order valence-electron chi connectivity index (χ2n) is 8.41. The molecular formula is C23H35Cl2N3O7. The highest BCUT2D eigenvalue weighted by molar-refractivity contribution is 6.42. The molecule has 12 heteroatoms. The van der Waals surface area contributed by atoms with Gasteiger partial charge in [0.25, 0.3) is 11.8 Å². The summed E-state index contributed by atoms with van der Waals surface area (Å²) >= 11 is 12.1. The Morgan fingerprint density at radius 2 is 1.74 bits per heavy atom. The summed E-state index contributed by atoms with van der Waals surface area (Å²) < 4.78 is 10.3. The van der Waals surface area contributed by atoms with E-state index in [1.165, 1.54) is 12.4 Å². The number of carbonyl (C=O) groups excluding carboxylic acids is 3. The summed E-state index contributed by atoms with van der Waals surface area (Å²) in [5.74, 6) is -2.32. The number of carbonyl (C=O) groups is 3. The van der Waals surface area contributed by atoms with Crippen LogP contribution >= 0.6 is 23.2 Å². The van der Waals surface area contributed by atoms with Gasteiger partial charge < -0.3 is 24.8 Å². The van der Waals surface area contributed by atoms with Crippen LogP contribution in [-0.2, 0) is 30.3 Å². The van der Waals surface area contributed by atoms with Crippen LogP contribution in [0.25, 0.3) is 0 Å². The Morgan fingerprint density at radius 3 is 2.31 bits per heavy atom. The van der Waals surface area contributed by atoms with E-state index in [4.69, 9.17) is 32.7 Å². The van der Waals surface area contributed by atoms with Crippen LogP contribution in [0, 0.1) is 5.92 Å². The number of benzene rings is 1. The van der Waals surface area contributed by atoms with Crippen LogP contribution in [0.3, 0.4) is 0 Å². The van der Waals surface area contributed by atoms with Crippen LogP contribution in [0.15, 0.2) is 18.2 Å². The van der Waals surface area contributed by atoms with Crippen molar-refractivity contribution in [3.05, 3.63) is 33.8 Å². The van der Waals surface area contributed by atoms with Crippen molar-refractivity contribution in [2.75, 3.05) is 33.5 Å². The number of halogens is 2. The molecule has 0 unspecified atom stereocenters. The van der Waals surface area contributed by atoms with Crippen LogP contribution in [0.1, 0.15) is 32.8 Å². The van der Waals surface area contributed by atoms with Gasteiger partial charge in [0.2, 0.25) is 5.91 Å². The van der Waals surface area contributed by atoms with Crippen molar-refractivity contribution in [2.24, 2.45) is 5.92 Å². The Labute approximate surface area is 215 Å². The Balaban J connectivity index is 3.28. The van der Waals surface area contributed by atoms with Gasteiger partial charge >= 0.3 is 0 Å². The van der Waals surface area contributed by atoms with E-state index in [1.54, 1.807) is 25.3 Å². The lowest BCUT2D eigenvalue weighted by atomic mass is 9.99. The normalized spacial score (nSPS) is 13.7. The first-order chi connectivity index (χ1) is 16.5. The summed E-state index contributed by atoms with van der Waals surface area (Å²) in [5, 5.41) is 23.0. The molecule has 0 spiro atoms. The molecule has 10 nitrogen and oxygen atoms in total. The van der Waals surface area contributed by atoms with E-state index >= 15 is 0 Å². The highest BCUT2D eigenvalue weighted by Gasteiger charge is 2.39. The van der Waals surface area contributed by atoms with Gasteiger partial charge in [-0.25, -0.2) is 5.48 Å². The number of nitrogens with one attached hydrogen (secondary N) is 2. The number of hydrogen-bond donors (Lipinski definition) is 4. The van der Waals surface area contributed by atoms with Crippen LogP contribution in [0.5, 0.6) is 0 Å². The quantitative estimate of drug-likeness (QED) is 0.152. The summed E-state index contributed by atoms with van der Waals surface area (Å²) in [6.45, 7) is 6.09. The summed E-state index contributed by atoms with van der Waals surface area (Å²) in [6, 6.07) is 2.27. The zero-order valence-corrected chi connectivity index (χ0v) is 21.9. The van der Waals surface area contributed by atoms with Crippen molar-refractivity contribution in [3.63, 3.8) is 0 Å². The first-order valence-electron chi connectivity index (χ1n) is 11.3. The number of ether oxygens (including phenoxy) is 2. The molecule has 35 heavy (non-hydrogen) atoms. The number of aliphatic hydroxyl groups excluding tert-OH is 1. The largest absolute Gasteiger partial charge is 0.383 e. The van der Waals surface area contributed by atoms with E-state index in [0.717, 1.165) is 4.90 Å². The minimum atomic E-state index is -1.45. The number of hydrogen-bond acceptors (Lipinski definition) is 7. The van der Waals surface area contributed by atoms with E-state index < -0.39 is 35.9 Å². The van der Waals surface area contributed by atoms with Crippen molar-refractivity contribution < 1.29 is 34.2 Å². The zero-order chi connectivity index (χ0) is 26.5. The second-order valence-corrected chi connectivity index (χ2v) is 9.22. The molecule has 0 fully saturated rings. The van der Waals surface area contributed by atoms with Gasteiger partial charge in [-0.3, -0.25) is 19.6 Å². The Morgan fingerprint density at radius 1 is 1.06 bits per heavy atom. The van der Waals surface area contributed by atoms with Gasteiger partial charge in [-0.2, -0.15) is 0 Å². The molecule has 3 amide bonds. The fourth-order valence-electron chi connectivity index (χ4n) is 3.37. The van der Waals surface area contributed by atoms with Crippen molar-refractivity contribution in [3.8, 4) is 0 Å². The molecule has 1 aromatic rings. The van der Waals surface area contributed by atoms with Gasteiger partial charge in [0.15, 0.2) is 0 Å². The molecule has 0 bridgehead atoms. The molecular weight excluding hydrogens is 501 g/mol. The number of amides is 3. The molecule has 0 heterocycles. The third-order valence-corrected chi connectivity index (χ3v) is 5.91. The third-order valence-electron chi connectivity index (χ3n) is 5.17. The van der Waals surface area contributed by atoms with Gasteiger partial charge in [0.05, 0.1) is 29.9 Å². The topological polar surface area (TPSA) is 137 Å². The number of aliphatic hydroxyl groups is 1. The molecule has 0 aromatic heterocycles. The average Bonchev–Trinajstić information content (AvgIpc) is 2.81. The molecule has 0 aliphatic heterocycles. The minimum Gasteiger partial charge on any atom is -0.383 e. The van der Waals surface area contributed by atoms with Gasteiger partial charge in [-0.1, -0.05) is 43.1 Å². The van der Waals surface area contributed by atoms with E-state index in [1.807, 2.05) is 13.8 Å². The lowest BCUT2D eigenvalue weighted by Crippen LogP contribution is -2.60. The van der Waals surface area contributed by atoms with Crippen molar-refractivity contribution in [1.29, 1.82) is 0 Å². The van der Waals surface area contributed by atoms with Gasteiger partial charge in [-0.05, 0) is 37.0 Å². The first-order valence-corrected chi connectivity index (χ1v) is 12.0. The molecule has 0 aliphatic rings. The highest BCUT2D eigenvalue weighted by atomic mass is 35.5. The van der Waals surface area contributed by atoms with E-state index in [0.29, 0.717) is 23.8 Å². The highest BCUT2D eigenvalue weighted by Crippen LogP contribution is 2.25. The molecule has 1 aromatic carbocycles. The molecule has 3 atom stereocenters. The van der Waals surface area contributed by atoms with Crippen LogP contribution < -0.4 is 10.8 Å². The minimum absolute atomic E-state index is 0.0237. The summed E-state index contributed by atoms with van der Waals surface area (Å²) in [6.07, 6.45) is -1.36. The zero-order valence-electron chi connectivity index (χ0n) is 20.4. The second kappa shape index (κ2) is 15.9. The van der Waals surface area contributed by atoms with Crippen LogP contribution in [0.2, 0.25) is 10.0 Å². The Hall–Kier alpha value is -1.95. The molecule has 4 N–H and O–H groups in total. The molecule has 0 saturated carbocycles. The van der Waals surface area contributed by atoms with Gasteiger partial charge in [0, 0.05) is 20.1 Å². The van der Waals surface area contributed by atoms with Gasteiger partial charge in [0.1, 0.15) is 18.2 Å². The first kappa shape index (κ1) is 31.1. The Kier molecular flexibility index (Phi) is 14.1. The molecule has 0 saturated heterocycles. The fraction of sp³-hybridized carbons (Fsp3) is 0.609. The monoisotopic (exact) mass is 535 g/mol. The third kappa shape index (κ3) is 10.3. The summed E-state index contributed by atoms with van der Waals surface area (Å²) in [5.41, 5.74) is 2.08. The van der Waals surface area contributed by atoms with Crippen LogP contribution in [-0.4, -0.2) is 84.6 Å². The van der Waals surface area contributed by atoms with E-state index in [9.17, 15) is 24.7 Å². The molecule has 0 aliphatic carbocycles. The number of hydroxylamine groups is 1. The maximum Gasteiger partial charge on any atom is 0.265 e. The lowest BCUT2D eigenvalue weighted by Gasteiger charge is -2.36. The number of rotatable bonds is 15. The fourth-order valence-corrected chi connectivity index (χ4v) is 3.69. The predicted octanol–water partition coefficient (Wildman–Crippen LogP) is 1.81. The maximum atomic E-state index is 13.3. The molecule has 0 radical (unpaired) electrons. The maximum absolute atomic E-state index is 13.3. The number of methoxy groups -OCH3 is 1. The Bertz CT molecular complexity index is 841.